The predicted octanol–water partition coefficient (Wildman–Crippen LogP) is 3.08. The number of hydrogen-bond acceptors (Lipinski definition) is 4. The van der Waals surface area contributed by atoms with E-state index >= 15 is 0 Å². The normalized spacial score (nSPS) is 27.7. The molecule has 1 aliphatic heterocycles. The van der Waals surface area contributed by atoms with Crippen LogP contribution in [-0.4, -0.2) is 40.5 Å². The van der Waals surface area contributed by atoms with E-state index in [0.29, 0.717) is 37.1 Å². The molecule has 4 nitrogen and oxygen atoms in total. The molecule has 1 unspecified atom stereocenters. The molecule has 2 aliphatic rings. The fourth-order valence-electron chi connectivity index (χ4n) is 4.58. The van der Waals surface area contributed by atoms with Gasteiger partial charge in [-0.3, -0.25) is 9.69 Å². The van der Waals surface area contributed by atoms with E-state index in [1.807, 2.05) is 0 Å². The quantitative estimate of drug-likeness (QED) is 0.809. The Bertz CT molecular complexity index is 834. The summed E-state index contributed by atoms with van der Waals surface area (Å²) in [4.78, 5) is 14.5. The molecule has 1 heterocycles. The smallest absolute Gasteiger partial charge is 0.176 e. The number of hydrogen-bond donors (Lipinski definition) is 2. The zero-order valence-corrected chi connectivity index (χ0v) is 14.7. The van der Waals surface area contributed by atoms with Crippen LogP contribution < -0.4 is 0 Å². The van der Waals surface area contributed by atoms with E-state index < -0.39 is 17.2 Å². The van der Waals surface area contributed by atoms with Gasteiger partial charge in [0, 0.05) is 24.7 Å². The van der Waals surface area contributed by atoms with Gasteiger partial charge in [0.15, 0.2) is 5.78 Å². The number of rotatable bonds is 4. The molecule has 6 heteroatoms. The number of aliphatic hydroxyl groups is 1. The molecule has 27 heavy (non-hydrogen) atoms. The maximum absolute atomic E-state index is 13.5. The first-order valence-electron chi connectivity index (χ1n) is 9.06. The van der Waals surface area contributed by atoms with Crippen molar-refractivity contribution in [2.45, 2.75) is 18.4 Å². The predicted molar refractivity (Wildman–Crippen MR) is 95.3 cm³/mol. The largest absolute Gasteiger partial charge is 0.508 e. The number of Topliss-reactive ketones (excluding diaryl/α,β-unsaturated/α-hetero) is 1. The number of carbonyl (C=O) groups is 1. The molecule has 2 N–H and O–H groups in total. The fraction of sp³-hybridized carbons (Fsp3) is 0.381. The summed E-state index contributed by atoms with van der Waals surface area (Å²) in [6.45, 7) is 1.63. The van der Waals surface area contributed by atoms with Gasteiger partial charge in [0.05, 0.1) is 12.1 Å². The molecule has 0 spiro atoms. The Morgan fingerprint density at radius 2 is 1.59 bits per heavy atom. The van der Waals surface area contributed by atoms with E-state index in [0.717, 1.165) is 6.07 Å². The van der Waals surface area contributed by atoms with Gasteiger partial charge in [0.2, 0.25) is 0 Å². The molecular formula is C21H21F2NO3. The van der Waals surface area contributed by atoms with E-state index in [9.17, 15) is 23.8 Å². The van der Waals surface area contributed by atoms with Gasteiger partial charge >= 0.3 is 0 Å². The maximum atomic E-state index is 13.5. The van der Waals surface area contributed by atoms with Crippen LogP contribution in [0.1, 0.15) is 28.8 Å². The Morgan fingerprint density at radius 1 is 1.04 bits per heavy atom. The van der Waals surface area contributed by atoms with Gasteiger partial charge in [0.1, 0.15) is 17.4 Å². The second-order valence-electron chi connectivity index (χ2n) is 7.78. The van der Waals surface area contributed by atoms with Crippen molar-refractivity contribution in [1.29, 1.82) is 0 Å². The lowest BCUT2D eigenvalue weighted by Crippen LogP contribution is -2.31. The van der Waals surface area contributed by atoms with Gasteiger partial charge in [-0.2, -0.15) is 0 Å². The SMILES string of the molecule is O=C(CN1C[C@@H]2CC(O)(c3cc(F)cc(F)c3)C[C@@H]2C1)c1ccc(O)cc1. The molecule has 142 valence electrons. The first kappa shape index (κ1) is 18.1. The molecule has 0 radical (unpaired) electrons. The molecule has 0 aromatic heterocycles. The van der Waals surface area contributed by atoms with Crippen LogP contribution in [0.15, 0.2) is 42.5 Å². The minimum absolute atomic E-state index is 0.0163. The number of phenols is 1. The van der Waals surface area contributed by atoms with Gasteiger partial charge in [-0.1, -0.05) is 0 Å². The minimum atomic E-state index is -1.22. The monoisotopic (exact) mass is 373 g/mol. The van der Waals surface area contributed by atoms with Crippen molar-refractivity contribution in [3.63, 3.8) is 0 Å². The number of nitrogens with zero attached hydrogens (tertiary/aromatic N) is 1. The third-order valence-corrected chi connectivity index (χ3v) is 5.81. The molecule has 2 fully saturated rings. The van der Waals surface area contributed by atoms with Crippen LogP contribution in [0.3, 0.4) is 0 Å². The van der Waals surface area contributed by atoms with Crippen molar-refractivity contribution in [2.24, 2.45) is 11.8 Å². The second kappa shape index (κ2) is 6.69. The number of phenolic OH excluding ortho intramolecular Hbond substituents is 1. The molecule has 1 saturated carbocycles. The Kier molecular flexibility index (Phi) is 4.48. The molecule has 0 bridgehead atoms. The molecule has 2 aromatic carbocycles. The first-order chi connectivity index (χ1) is 12.8. The zero-order chi connectivity index (χ0) is 19.2. The molecule has 1 saturated heterocycles. The third-order valence-electron chi connectivity index (χ3n) is 5.81. The highest BCUT2D eigenvalue weighted by Crippen LogP contribution is 2.49. The van der Waals surface area contributed by atoms with Crippen LogP contribution in [0.5, 0.6) is 5.75 Å². The van der Waals surface area contributed by atoms with Crippen LogP contribution in [0.4, 0.5) is 8.78 Å². The summed E-state index contributed by atoms with van der Waals surface area (Å²) in [5.74, 6) is -0.885. The highest BCUT2D eigenvalue weighted by Gasteiger charge is 2.49. The molecule has 4 rings (SSSR count). The van der Waals surface area contributed by atoms with Gasteiger partial charge in [-0.25, -0.2) is 8.78 Å². The Balaban J connectivity index is 1.40. The van der Waals surface area contributed by atoms with Crippen LogP contribution in [0.25, 0.3) is 0 Å². The summed E-state index contributed by atoms with van der Waals surface area (Å²) in [5.41, 5.74) is -0.372. The maximum Gasteiger partial charge on any atom is 0.176 e. The number of aromatic hydroxyl groups is 1. The minimum Gasteiger partial charge on any atom is -0.508 e. The Morgan fingerprint density at radius 3 is 2.15 bits per heavy atom. The second-order valence-corrected chi connectivity index (χ2v) is 7.78. The standard InChI is InChI=1S/C21H21F2NO3/c22-17-5-16(6-18(23)7-17)21(27)8-14-10-24(11-15(14)9-21)12-20(26)13-1-3-19(25)4-2-13/h1-7,14-15,25,27H,8-12H2/t14-,15+,21?. The zero-order valence-electron chi connectivity index (χ0n) is 14.7. The van der Waals surface area contributed by atoms with Crippen LogP contribution >= 0.6 is 0 Å². The van der Waals surface area contributed by atoms with Gasteiger partial charge < -0.3 is 10.2 Å². The number of fused-ring (bicyclic) bond motifs is 1. The highest BCUT2D eigenvalue weighted by atomic mass is 19.1. The van der Waals surface area contributed by atoms with Crippen molar-refractivity contribution >= 4 is 5.78 Å². The van der Waals surface area contributed by atoms with E-state index in [2.05, 4.69) is 4.90 Å². The van der Waals surface area contributed by atoms with E-state index in [-0.39, 0.29) is 29.9 Å². The number of halogens is 2. The van der Waals surface area contributed by atoms with Gasteiger partial charge in [-0.15, -0.1) is 0 Å². The molecule has 1 aliphatic carbocycles. The third kappa shape index (κ3) is 3.59. The topological polar surface area (TPSA) is 60.8 Å². The average molecular weight is 373 g/mol. The summed E-state index contributed by atoms with van der Waals surface area (Å²) in [7, 11) is 0. The Labute approximate surface area is 156 Å². The van der Waals surface area contributed by atoms with Crippen LogP contribution in [-0.2, 0) is 5.60 Å². The van der Waals surface area contributed by atoms with E-state index in [1.165, 1.54) is 24.3 Å². The van der Waals surface area contributed by atoms with Crippen LogP contribution in [0, 0.1) is 23.5 Å². The number of likely N-dealkylation sites (tertiary alicyclic amines) is 1. The van der Waals surface area contributed by atoms with E-state index in [4.69, 9.17) is 0 Å². The fourth-order valence-corrected chi connectivity index (χ4v) is 4.58. The molecular weight excluding hydrogens is 352 g/mol. The van der Waals surface area contributed by atoms with Gasteiger partial charge in [0.25, 0.3) is 0 Å². The summed E-state index contributed by atoms with van der Waals surface area (Å²) >= 11 is 0. The van der Waals surface area contributed by atoms with Crippen molar-refractivity contribution < 1.29 is 23.8 Å². The Hall–Kier alpha value is -2.31. The van der Waals surface area contributed by atoms with Crippen molar-refractivity contribution in [3.8, 4) is 5.75 Å². The summed E-state index contributed by atoms with van der Waals surface area (Å²) in [6.07, 6.45) is 0.870. The lowest BCUT2D eigenvalue weighted by atomic mass is 9.90. The van der Waals surface area contributed by atoms with E-state index in [1.54, 1.807) is 12.1 Å². The molecule has 0 amide bonds. The van der Waals surface area contributed by atoms with Crippen LogP contribution in [0.2, 0.25) is 0 Å². The van der Waals surface area contributed by atoms with Crippen molar-refractivity contribution in [2.75, 3.05) is 19.6 Å². The average Bonchev–Trinajstić information content (AvgIpc) is 3.09. The number of ketones is 1. The summed E-state index contributed by atoms with van der Waals surface area (Å²) in [6, 6.07) is 9.40. The molecule has 3 atom stereocenters. The lowest BCUT2D eigenvalue weighted by molar-refractivity contribution is 0.0309. The molecule has 2 aromatic rings. The lowest BCUT2D eigenvalue weighted by Gasteiger charge is -2.26. The van der Waals surface area contributed by atoms with Gasteiger partial charge in [-0.05, 0) is 66.6 Å². The highest BCUT2D eigenvalue weighted by molar-refractivity contribution is 5.97. The number of benzene rings is 2. The number of carbonyl (C=O) groups excluding carboxylic acids is 1. The van der Waals surface area contributed by atoms with Crippen molar-refractivity contribution in [3.05, 3.63) is 65.2 Å². The van der Waals surface area contributed by atoms with Crippen molar-refractivity contribution in [1.82, 2.24) is 4.90 Å². The summed E-state index contributed by atoms with van der Waals surface area (Å²) in [5, 5.41) is 20.3. The first-order valence-corrected chi connectivity index (χ1v) is 9.06. The summed E-state index contributed by atoms with van der Waals surface area (Å²) < 4.78 is 27.0.